The van der Waals surface area contributed by atoms with Gasteiger partial charge >= 0.3 is 0 Å². The van der Waals surface area contributed by atoms with Crippen LogP contribution < -0.4 is 0 Å². The lowest BCUT2D eigenvalue weighted by Crippen LogP contribution is -2.39. The molecule has 22 heavy (non-hydrogen) atoms. The van der Waals surface area contributed by atoms with Gasteiger partial charge in [0.15, 0.2) is 9.84 Å². The van der Waals surface area contributed by atoms with Crippen LogP contribution in [-0.2, 0) is 14.4 Å². The van der Waals surface area contributed by atoms with Gasteiger partial charge in [0.2, 0.25) is 0 Å². The van der Waals surface area contributed by atoms with Crippen LogP contribution in [0.5, 0.6) is 0 Å². The second-order valence-corrected chi connectivity index (χ2v) is 14.4. The lowest BCUT2D eigenvalue weighted by molar-refractivity contribution is 0.309. The molecule has 7 heteroatoms. The van der Waals surface area contributed by atoms with Gasteiger partial charge in [0, 0.05) is 6.42 Å². The first-order valence-electron chi connectivity index (χ1n) is 7.14. The van der Waals surface area contributed by atoms with Gasteiger partial charge in [-0.25, -0.2) is 8.42 Å². The molecule has 0 amide bonds. The van der Waals surface area contributed by atoms with Crippen molar-refractivity contribution in [2.45, 2.75) is 50.2 Å². The summed E-state index contributed by atoms with van der Waals surface area (Å²) >= 11 is 3.31. The summed E-state index contributed by atoms with van der Waals surface area (Å²) in [5.74, 6) is 0.00194. The quantitative estimate of drug-likeness (QED) is 0.395. The van der Waals surface area contributed by atoms with Crippen LogP contribution in [0.4, 0.5) is 0 Å². The van der Waals surface area contributed by atoms with E-state index in [0.29, 0.717) is 15.9 Å². The maximum Gasteiger partial charge on any atom is 0.286 e. The number of hydrogen-bond donors (Lipinski definition) is 0. The molecule has 0 unspecified atom stereocenters. The van der Waals surface area contributed by atoms with E-state index >= 15 is 0 Å². The van der Waals surface area contributed by atoms with Crippen molar-refractivity contribution in [2.24, 2.45) is 5.16 Å². The standard InChI is InChI=1S/C15H24BrNO3SSi/c1-15(2,3)22(4,5)20-17-14(16)11-12-21(18,19)13-9-7-6-8-10-13/h6-10H,11-12H2,1-5H3/b17-14-. The molecule has 124 valence electrons. The van der Waals surface area contributed by atoms with E-state index in [1.54, 1.807) is 30.3 Å². The number of nitrogens with zero attached hydrogens (tertiary/aromatic N) is 1. The van der Waals surface area contributed by atoms with Crippen LogP contribution in [0.25, 0.3) is 0 Å². The van der Waals surface area contributed by atoms with Crippen LogP contribution in [0.1, 0.15) is 27.2 Å². The number of benzene rings is 1. The molecule has 0 bridgehead atoms. The predicted octanol–water partition coefficient (Wildman–Crippen LogP) is 4.58. The van der Waals surface area contributed by atoms with E-state index in [1.807, 2.05) is 0 Å². The SMILES string of the molecule is CC(C)(C)[Si](C)(C)O/N=C(\Br)CCS(=O)(=O)c1ccccc1. The van der Waals surface area contributed by atoms with Crippen LogP contribution in [0, 0.1) is 0 Å². The summed E-state index contributed by atoms with van der Waals surface area (Å²) in [5.41, 5.74) is 0. The van der Waals surface area contributed by atoms with Crippen molar-refractivity contribution in [1.82, 2.24) is 0 Å². The molecule has 0 heterocycles. The summed E-state index contributed by atoms with van der Waals surface area (Å²) in [6.45, 7) is 10.6. The maximum absolute atomic E-state index is 12.2. The molecule has 0 N–H and O–H groups in total. The minimum atomic E-state index is -3.29. The lowest BCUT2D eigenvalue weighted by atomic mass is 10.2. The van der Waals surface area contributed by atoms with Crippen molar-refractivity contribution in [3.8, 4) is 0 Å². The van der Waals surface area contributed by atoms with Crippen molar-refractivity contribution in [3.05, 3.63) is 30.3 Å². The first-order chi connectivity index (χ1) is 9.96. The molecule has 0 radical (unpaired) electrons. The summed E-state index contributed by atoms with van der Waals surface area (Å²) in [6.07, 6.45) is 0.297. The topological polar surface area (TPSA) is 55.7 Å². The van der Waals surface area contributed by atoms with E-state index in [2.05, 4.69) is 55.0 Å². The van der Waals surface area contributed by atoms with E-state index in [-0.39, 0.29) is 10.8 Å². The van der Waals surface area contributed by atoms with Crippen molar-refractivity contribution < 1.29 is 12.9 Å². The molecule has 0 aliphatic rings. The van der Waals surface area contributed by atoms with Gasteiger partial charge in [-0.1, -0.05) is 44.1 Å². The summed E-state index contributed by atoms with van der Waals surface area (Å²) in [7, 11) is -5.27. The Morgan fingerprint density at radius 3 is 2.27 bits per heavy atom. The number of oxime groups is 1. The Morgan fingerprint density at radius 2 is 1.77 bits per heavy atom. The van der Waals surface area contributed by atoms with Crippen molar-refractivity contribution in [2.75, 3.05) is 5.75 Å². The molecule has 0 aromatic heterocycles. The van der Waals surface area contributed by atoms with Crippen molar-refractivity contribution >= 4 is 38.7 Å². The zero-order valence-corrected chi connectivity index (χ0v) is 17.2. The van der Waals surface area contributed by atoms with Crippen LogP contribution in [0.2, 0.25) is 18.1 Å². The molecule has 1 aromatic rings. The smallest absolute Gasteiger partial charge is 0.286 e. The second-order valence-electron chi connectivity index (χ2n) is 6.70. The summed E-state index contributed by atoms with van der Waals surface area (Å²) in [6, 6.07) is 8.44. The molecule has 1 aromatic carbocycles. The zero-order chi connectivity index (χ0) is 17.0. The predicted molar refractivity (Wildman–Crippen MR) is 97.8 cm³/mol. The van der Waals surface area contributed by atoms with Crippen LogP contribution in [-0.4, -0.2) is 27.1 Å². The van der Waals surface area contributed by atoms with Gasteiger partial charge in [-0.15, -0.1) is 0 Å². The molecule has 0 fully saturated rings. The van der Waals surface area contributed by atoms with E-state index in [9.17, 15) is 8.42 Å². The normalized spacial score (nSPS) is 14.0. The van der Waals surface area contributed by atoms with Gasteiger partial charge in [0.1, 0.15) is 4.62 Å². The largest absolute Gasteiger partial charge is 0.454 e. The molecule has 1 rings (SSSR count). The third-order valence-corrected chi connectivity index (χ3v) is 10.3. The molecule has 0 aliphatic heterocycles. The zero-order valence-electron chi connectivity index (χ0n) is 13.8. The van der Waals surface area contributed by atoms with Gasteiger partial charge < -0.3 is 4.53 Å². The molecular weight excluding hydrogens is 382 g/mol. The molecule has 0 aliphatic carbocycles. The second kappa shape index (κ2) is 7.27. The Morgan fingerprint density at radius 1 is 1.23 bits per heavy atom. The van der Waals surface area contributed by atoms with Crippen molar-refractivity contribution in [3.63, 3.8) is 0 Å². The highest BCUT2D eigenvalue weighted by molar-refractivity contribution is 9.18. The van der Waals surface area contributed by atoms with Gasteiger partial charge in [0.05, 0.1) is 10.6 Å². The van der Waals surface area contributed by atoms with Gasteiger partial charge in [-0.3, -0.25) is 0 Å². The maximum atomic E-state index is 12.2. The first-order valence-corrected chi connectivity index (χ1v) is 12.5. The Balaban J connectivity index is 2.67. The number of rotatable bonds is 6. The Bertz CT molecular complexity index is 622. The molecule has 0 spiro atoms. The third-order valence-electron chi connectivity index (χ3n) is 3.86. The average Bonchev–Trinajstić information content (AvgIpc) is 2.43. The van der Waals surface area contributed by atoms with E-state index in [4.69, 9.17) is 4.53 Å². The van der Waals surface area contributed by atoms with Gasteiger partial charge in [-0.05, 0) is 46.2 Å². The highest BCUT2D eigenvalue weighted by Crippen LogP contribution is 2.36. The minimum absolute atomic E-state index is 0.00194. The van der Waals surface area contributed by atoms with E-state index in [1.165, 1.54) is 0 Å². The summed E-state index contributed by atoms with van der Waals surface area (Å²) in [5, 5.41) is 4.15. The number of sulfone groups is 1. The summed E-state index contributed by atoms with van der Waals surface area (Å²) in [4.78, 5) is 0.334. The summed E-state index contributed by atoms with van der Waals surface area (Å²) < 4.78 is 30.6. The molecule has 0 saturated heterocycles. The Labute approximate surface area is 143 Å². The minimum Gasteiger partial charge on any atom is -0.454 e. The third kappa shape index (κ3) is 5.51. The lowest BCUT2D eigenvalue weighted by Gasteiger charge is -2.33. The van der Waals surface area contributed by atoms with E-state index in [0.717, 1.165) is 0 Å². The van der Waals surface area contributed by atoms with Gasteiger partial charge in [-0.2, -0.15) is 0 Å². The Hall–Kier alpha value is -0.663. The Kier molecular flexibility index (Phi) is 6.41. The fourth-order valence-electron chi connectivity index (χ4n) is 1.31. The number of halogens is 1. The first kappa shape index (κ1) is 19.4. The highest BCUT2D eigenvalue weighted by atomic mass is 79.9. The molecule has 0 atom stereocenters. The van der Waals surface area contributed by atoms with Crippen LogP contribution >= 0.6 is 15.9 Å². The molecule has 4 nitrogen and oxygen atoms in total. The molecular formula is C15H24BrNO3SSi. The fourth-order valence-corrected chi connectivity index (χ4v) is 3.86. The van der Waals surface area contributed by atoms with Crippen molar-refractivity contribution in [1.29, 1.82) is 0 Å². The average molecular weight is 406 g/mol. The fraction of sp³-hybridized carbons (Fsp3) is 0.533. The molecule has 0 saturated carbocycles. The monoisotopic (exact) mass is 405 g/mol. The number of hydrogen-bond acceptors (Lipinski definition) is 4. The van der Waals surface area contributed by atoms with Crippen LogP contribution in [0.3, 0.4) is 0 Å². The highest BCUT2D eigenvalue weighted by Gasteiger charge is 2.39. The van der Waals surface area contributed by atoms with E-state index < -0.39 is 18.2 Å². The van der Waals surface area contributed by atoms with Gasteiger partial charge in [0.25, 0.3) is 8.32 Å². The van der Waals surface area contributed by atoms with Crippen LogP contribution in [0.15, 0.2) is 40.4 Å².